The first kappa shape index (κ1) is 13.6. The van der Waals surface area contributed by atoms with Crippen LogP contribution in [0.1, 0.15) is 32.1 Å². The van der Waals surface area contributed by atoms with Gasteiger partial charge in [-0.15, -0.1) is 0 Å². The topological polar surface area (TPSA) is 62.4 Å². The molecule has 0 unspecified atom stereocenters. The number of rotatable bonds is 4. The Morgan fingerprint density at radius 3 is 2.67 bits per heavy atom. The number of nitrogens with zero attached hydrogens (tertiary/aromatic N) is 2. The van der Waals surface area contributed by atoms with E-state index in [0.717, 1.165) is 10.2 Å². The zero-order valence-electron chi connectivity index (χ0n) is 10.5. The van der Waals surface area contributed by atoms with E-state index in [0.29, 0.717) is 18.3 Å². The highest BCUT2D eigenvalue weighted by Crippen LogP contribution is 2.35. The van der Waals surface area contributed by atoms with Gasteiger partial charge in [-0.3, -0.25) is 4.98 Å². The number of aliphatic hydroxyl groups is 1. The molecule has 1 aromatic heterocycles. The van der Waals surface area contributed by atoms with Crippen molar-refractivity contribution >= 4 is 27.3 Å². The Hall–Kier alpha value is -0.810. The van der Waals surface area contributed by atoms with E-state index >= 15 is 0 Å². The number of aliphatic hydroxyl groups excluding tert-OH is 1. The lowest BCUT2D eigenvalue weighted by molar-refractivity contribution is 0.290. The lowest BCUT2D eigenvalue weighted by Crippen LogP contribution is -2.39. The van der Waals surface area contributed by atoms with Crippen molar-refractivity contribution in [3.8, 4) is 0 Å². The minimum atomic E-state index is 0.144. The van der Waals surface area contributed by atoms with E-state index < -0.39 is 0 Å². The monoisotopic (exact) mass is 313 g/mol. The molecule has 2 rings (SSSR count). The Labute approximate surface area is 116 Å². The Balaban J connectivity index is 2.28. The van der Waals surface area contributed by atoms with E-state index in [1.807, 2.05) is 0 Å². The van der Waals surface area contributed by atoms with Gasteiger partial charge in [-0.2, -0.15) is 0 Å². The van der Waals surface area contributed by atoms with Gasteiger partial charge in [0.25, 0.3) is 0 Å². The van der Waals surface area contributed by atoms with E-state index in [-0.39, 0.29) is 6.61 Å². The summed E-state index contributed by atoms with van der Waals surface area (Å²) in [4.78, 5) is 6.31. The fourth-order valence-corrected chi connectivity index (χ4v) is 3.30. The lowest BCUT2D eigenvalue weighted by Gasteiger charge is -2.36. The van der Waals surface area contributed by atoms with Crippen LogP contribution in [0.2, 0.25) is 0 Å². The number of hydrogen-bond donors (Lipinski definition) is 2. The highest BCUT2D eigenvalue weighted by atomic mass is 79.9. The summed E-state index contributed by atoms with van der Waals surface area (Å²) < 4.78 is 0.904. The van der Waals surface area contributed by atoms with Gasteiger partial charge in [0.2, 0.25) is 0 Å². The van der Waals surface area contributed by atoms with Crippen LogP contribution < -0.4 is 10.6 Å². The second kappa shape index (κ2) is 6.38. The predicted octanol–water partition coefficient (Wildman–Crippen LogP) is 2.56. The summed E-state index contributed by atoms with van der Waals surface area (Å²) in [6.07, 6.45) is 9.62. The van der Waals surface area contributed by atoms with Crippen molar-refractivity contribution in [3.05, 3.63) is 16.9 Å². The molecule has 100 valence electrons. The minimum absolute atomic E-state index is 0.144. The number of anilines is 2. The van der Waals surface area contributed by atoms with Gasteiger partial charge in [0, 0.05) is 18.8 Å². The van der Waals surface area contributed by atoms with Crippen LogP contribution in [0.25, 0.3) is 0 Å². The zero-order chi connectivity index (χ0) is 13.0. The molecule has 1 aliphatic carbocycles. The van der Waals surface area contributed by atoms with Gasteiger partial charge in [-0.05, 0) is 28.8 Å². The molecule has 1 heterocycles. The molecule has 4 nitrogen and oxygen atoms in total. The van der Waals surface area contributed by atoms with Crippen molar-refractivity contribution in [3.63, 3.8) is 0 Å². The van der Waals surface area contributed by atoms with E-state index in [9.17, 15) is 5.11 Å². The van der Waals surface area contributed by atoms with Crippen molar-refractivity contribution in [2.75, 3.05) is 23.8 Å². The van der Waals surface area contributed by atoms with Crippen molar-refractivity contribution in [2.45, 2.75) is 38.1 Å². The van der Waals surface area contributed by atoms with Crippen LogP contribution in [0.15, 0.2) is 16.9 Å². The maximum atomic E-state index is 9.30. The summed E-state index contributed by atoms with van der Waals surface area (Å²) in [7, 11) is 0. The second-order valence-electron chi connectivity index (χ2n) is 4.77. The molecule has 1 aromatic rings. The highest BCUT2D eigenvalue weighted by molar-refractivity contribution is 9.10. The van der Waals surface area contributed by atoms with E-state index in [1.165, 1.54) is 32.1 Å². The van der Waals surface area contributed by atoms with Gasteiger partial charge in [0.05, 0.1) is 28.7 Å². The highest BCUT2D eigenvalue weighted by Gasteiger charge is 2.24. The number of nitrogen functional groups attached to an aromatic ring is 1. The van der Waals surface area contributed by atoms with E-state index in [1.54, 1.807) is 12.4 Å². The molecular formula is C13H20BrN3O. The summed E-state index contributed by atoms with van der Waals surface area (Å²) >= 11 is 3.52. The molecule has 5 heteroatoms. The van der Waals surface area contributed by atoms with Crippen LogP contribution in [0.3, 0.4) is 0 Å². The maximum absolute atomic E-state index is 9.30. The van der Waals surface area contributed by atoms with Gasteiger partial charge in [0.1, 0.15) is 0 Å². The molecule has 0 radical (unpaired) electrons. The van der Waals surface area contributed by atoms with Gasteiger partial charge in [-0.1, -0.05) is 19.3 Å². The van der Waals surface area contributed by atoms with Crippen LogP contribution in [0.5, 0.6) is 0 Å². The molecule has 0 atom stereocenters. The molecule has 1 aliphatic rings. The predicted molar refractivity (Wildman–Crippen MR) is 77.7 cm³/mol. The van der Waals surface area contributed by atoms with Crippen molar-refractivity contribution in [1.82, 2.24) is 4.98 Å². The molecule has 3 N–H and O–H groups in total. The largest absolute Gasteiger partial charge is 0.396 e. The molecule has 1 saturated carbocycles. The Morgan fingerprint density at radius 2 is 2.06 bits per heavy atom. The third-order valence-electron chi connectivity index (χ3n) is 3.54. The van der Waals surface area contributed by atoms with Gasteiger partial charge < -0.3 is 15.7 Å². The number of pyridine rings is 1. The fourth-order valence-electron chi connectivity index (χ4n) is 2.72. The molecule has 0 saturated heterocycles. The van der Waals surface area contributed by atoms with Crippen LogP contribution in [0.4, 0.5) is 11.4 Å². The molecular weight excluding hydrogens is 294 g/mol. The summed E-state index contributed by atoms with van der Waals surface area (Å²) in [5.74, 6) is 0. The lowest BCUT2D eigenvalue weighted by atomic mass is 9.93. The minimum Gasteiger partial charge on any atom is -0.396 e. The number of halogens is 1. The van der Waals surface area contributed by atoms with Crippen LogP contribution in [0, 0.1) is 0 Å². The zero-order valence-corrected chi connectivity index (χ0v) is 12.1. The molecule has 0 bridgehead atoms. The van der Waals surface area contributed by atoms with Crippen molar-refractivity contribution in [2.24, 2.45) is 0 Å². The average Bonchev–Trinajstić information content (AvgIpc) is 2.38. The molecule has 0 spiro atoms. The first-order valence-electron chi connectivity index (χ1n) is 6.50. The summed E-state index contributed by atoms with van der Waals surface area (Å²) in [6, 6.07) is 0.479. The summed E-state index contributed by atoms with van der Waals surface area (Å²) in [5.41, 5.74) is 7.69. The van der Waals surface area contributed by atoms with Crippen LogP contribution >= 0.6 is 15.9 Å². The van der Waals surface area contributed by atoms with Crippen LogP contribution in [-0.2, 0) is 0 Å². The van der Waals surface area contributed by atoms with E-state index in [2.05, 4.69) is 25.8 Å². The molecule has 0 aliphatic heterocycles. The summed E-state index contributed by atoms with van der Waals surface area (Å²) in [6.45, 7) is 0.766. The third-order valence-corrected chi connectivity index (χ3v) is 4.13. The first-order valence-corrected chi connectivity index (χ1v) is 7.30. The quantitative estimate of drug-likeness (QED) is 0.896. The average molecular weight is 314 g/mol. The second-order valence-corrected chi connectivity index (χ2v) is 5.62. The van der Waals surface area contributed by atoms with Crippen LogP contribution in [-0.4, -0.2) is 29.3 Å². The number of nitrogens with two attached hydrogens (primary N) is 1. The van der Waals surface area contributed by atoms with Crippen molar-refractivity contribution < 1.29 is 5.11 Å². The smallest absolute Gasteiger partial charge is 0.0779 e. The Kier molecular flexibility index (Phi) is 4.83. The fraction of sp³-hybridized carbons (Fsp3) is 0.615. The molecule has 0 aromatic carbocycles. The summed E-state index contributed by atoms with van der Waals surface area (Å²) in [5, 5.41) is 9.30. The first-order chi connectivity index (χ1) is 8.74. The number of aromatic nitrogens is 1. The van der Waals surface area contributed by atoms with Gasteiger partial charge in [-0.25, -0.2) is 0 Å². The molecule has 18 heavy (non-hydrogen) atoms. The van der Waals surface area contributed by atoms with Gasteiger partial charge in [0.15, 0.2) is 0 Å². The molecule has 0 amide bonds. The normalized spacial score (nSPS) is 16.8. The van der Waals surface area contributed by atoms with Gasteiger partial charge >= 0.3 is 0 Å². The Bertz CT molecular complexity index is 374. The SMILES string of the molecule is Nc1cncc(Br)c1N(CCO)C1CCCCC1. The maximum Gasteiger partial charge on any atom is 0.0779 e. The van der Waals surface area contributed by atoms with E-state index in [4.69, 9.17) is 5.73 Å². The Morgan fingerprint density at radius 1 is 1.33 bits per heavy atom. The number of hydrogen-bond acceptors (Lipinski definition) is 4. The molecule has 1 fully saturated rings. The van der Waals surface area contributed by atoms with Crippen molar-refractivity contribution in [1.29, 1.82) is 0 Å². The standard InChI is InChI=1S/C13H20BrN3O/c14-11-8-16-9-12(15)13(11)17(6-7-18)10-4-2-1-3-5-10/h8-10,18H,1-7,15H2. The third kappa shape index (κ3) is 2.95.